The van der Waals surface area contributed by atoms with Gasteiger partial charge < -0.3 is 14.7 Å². The lowest BCUT2D eigenvalue weighted by Crippen LogP contribution is -2.43. The molecule has 150 valence electrons. The SMILES string of the molecule is Cc1cc(O)c(CN2CCN(C)CC2)c2c1C(=O)/C(=C/C=C/c1ccccc1)O2. The number of phenols is 1. The first kappa shape index (κ1) is 19.4. The maximum atomic E-state index is 12.9. The molecule has 0 saturated carbocycles. The van der Waals surface area contributed by atoms with Crippen LogP contribution in [0.3, 0.4) is 0 Å². The van der Waals surface area contributed by atoms with E-state index in [1.165, 1.54) is 0 Å². The molecule has 1 N–H and O–H groups in total. The van der Waals surface area contributed by atoms with Crippen molar-refractivity contribution in [2.45, 2.75) is 13.5 Å². The number of benzene rings is 2. The molecule has 0 amide bonds. The number of rotatable bonds is 4. The Labute approximate surface area is 171 Å². The zero-order chi connectivity index (χ0) is 20.4. The zero-order valence-electron chi connectivity index (χ0n) is 16.9. The molecule has 0 radical (unpaired) electrons. The van der Waals surface area contributed by atoms with Crippen molar-refractivity contribution < 1.29 is 14.6 Å². The second kappa shape index (κ2) is 8.23. The molecule has 2 aromatic carbocycles. The molecule has 5 nitrogen and oxygen atoms in total. The van der Waals surface area contributed by atoms with Gasteiger partial charge in [-0.25, -0.2) is 0 Å². The number of piperazine rings is 1. The summed E-state index contributed by atoms with van der Waals surface area (Å²) in [4.78, 5) is 17.5. The summed E-state index contributed by atoms with van der Waals surface area (Å²) in [6.07, 6.45) is 5.46. The number of likely N-dealkylation sites (N-methyl/N-ethyl adjacent to an activating group) is 1. The van der Waals surface area contributed by atoms with Crippen LogP contribution in [0.15, 0.2) is 54.3 Å². The van der Waals surface area contributed by atoms with Crippen molar-refractivity contribution in [1.82, 2.24) is 9.80 Å². The van der Waals surface area contributed by atoms with Crippen LogP contribution in [-0.2, 0) is 6.54 Å². The fourth-order valence-electron chi connectivity index (χ4n) is 3.79. The fourth-order valence-corrected chi connectivity index (χ4v) is 3.79. The van der Waals surface area contributed by atoms with E-state index in [-0.39, 0.29) is 11.5 Å². The molecule has 4 rings (SSSR count). The number of carbonyl (C=O) groups is 1. The summed E-state index contributed by atoms with van der Waals surface area (Å²) in [5.74, 6) is 0.857. The topological polar surface area (TPSA) is 53.0 Å². The Morgan fingerprint density at radius 1 is 1.14 bits per heavy atom. The maximum absolute atomic E-state index is 12.9. The van der Waals surface area contributed by atoms with E-state index >= 15 is 0 Å². The van der Waals surface area contributed by atoms with E-state index in [0.29, 0.717) is 29.2 Å². The highest BCUT2D eigenvalue weighted by Gasteiger charge is 2.33. The van der Waals surface area contributed by atoms with Crippen LogP contribution >= 0.6 is 0 Å². The number of hydrogen-bond acceptors (Lipinski definition) is 5. The molecule has 29 heavy (non-hydrogen) atoms. The van der Waals surface area contributed by atoms with Gasteiger partial charge in [0.05, 0.1) is 11.1 Å². The second-order valence-electron chi connectivity index (χ2n) is 7.71. The third-order valence-electron chi connectivity index (χ3n) is 5.53. The highest BCUT2D eigenvalue weighted by molar-refractivity contribution is 6.13. The third-order valence-corrected chi connectivity index (χ3v) is 5.53. The highest BCUT2D eigenvalue weighted by Crippen LogP contribution is 2.42. The lowest BCUT2D eigenvalue weighted by atomic mass is 9.99. The first-order valence-corrected chi connectivity index (χ1v) is 9.95. The number of ether oxygens (including phenoxy) is 1. The fraction of sp³-hybridized carbons (Fsp3) is 0.292. The van der Waals surface area contributed by atoms with Gasteiger partial charge in [-0.2, -0.15) is 0 Å². The van der Waals surface area contributed by atoms with Crippen molar-refractivity contribution in [3.05, 3.63) is 76.6 Å². The Balaban J connectivity index is 1.59. The molecule has 0 unspecified atom stereocenters. The van der Waals surface area contributed by atoms with E-state index in [4.69, 9.17) is 4.74 Å². The van der Waals surface area contributed by atoms with Crippen molar-refractivity contribution in [3.63, 3.8) is 0 Å². The van der Waals surface area contributed by atoms with Crippen molar-refractivity contribution >= 4 is 11.9 Å². The molecule has 1 saturated heterocycles. The van der Waals surface area contributed by atoms with Gasteiger partial charge in [-0.05, 0) is 37.2 Å². The van der Waals surface area contributed by atoms with Crippen LogP contribution in [0.25, 0.3) is 6.08 Å². The molecule has 2 aromatic rings. The largest absolute Gasteiger partial charge is 0.507 e. The van der Waals surface area contributed by atoms with E-state index in [0.717, 1.165) is 37.3 Å². The van der Waals surface area contributed by atoms with Crippen LogP contribution < -0.4 is 4.74 Å². The Morgan fingerprint density at radius 2 is 1.86 bits per heavy atom. The molecule has 2 heterocycles. The Morgan fingerprint density at radius 3 is 2.59 bits per heavy atom. The molecule has 0 aromatic heterocycles. The number of phenolic OH excluding ortho intramolecular Hbond substituents is 1. The molecule has 0 bridgehead atoms. The predicted octanol–water partition coefficient (Wildman–Crippen LogP) is 3.62. The van der Waals surface area contributed by atoms with Crippen molar-refractivity contribution in [3.8, 4) is 11.5 Å². The zero-order valence-corrected chi connectivity index (χ0v) is 16.9. The molecule has 2 aliphatic heterocycles. The number of hydrogen-bond donors (Lipinski definition) is 1. The molecule has 1 fully saturated rings. The number of allylic oxidation sites excluding steroid dienone is 3. The van der Waals surface area contributed by atoms with E-state index in [2.05, 4.69) is 16.8 Å². The van der Waals surface area contributed by atoms with Crippen molar-refractivity contribution in [2.75, 3.05) is 33.2 Å². The lowest BCUT2D eigenvalue weighted by molar-refractivity contribution is 0.101. The lowest BCUT2D eigenvalue weighted by Gasteiger charge is -2.32. The Hall–Kier alpha value is -2.89. The Kier molecular flexibility index (Phi) is 5.51. The number of Topliss-reactive ketones (excluding diaryl/α,β-unsaturated/α-hetero) is 1. The second-order valence-corrected chi connectivity index (χ2v) is 7.71. The van der Waals surface area contributed by atoms with Gasteiger partial charge in [0.1, 0.15) is 11.5 Å². The first-order valence-electron chi connectivity index (χ1n) is 9.95. The van der Waals surface area contributed by atoms with Gasteiger partial charge >= 0.3 is 0 Å². The maximum Gasteiger partial charge on any atom is 0.232 e. The number of nitrogens with zero attached hydrogens (tertiary/aromatic N) is 2. The Bertz CT molecular complexity index is 971. The van der Waals surface area contributed by atoms with Crippen LogP contribution in [0, 0.1) is 6.92 Å². The van der Waals surface area contributed by atoms with E-state index < -0.39 is 0 Å². The van der Waals surface area contributed by atoms with Crippen LogP contribution in [0.5, 0.6) is 11.5 Å². The molecule has 2 aliphatic rings. The van der Waals surface area contributed by atoms with Gasteiger partial charge in [0.15, 0.2) is 5.76 Å². The molecule has 0 atom stereocenters. The normalized spacial score (nSPS) is 19.1. The summed E-state index contributed by atoms with van der Waals surface area (Å²) < 4.78 is 5.98. The summed E-state index contributed by atoms with van der Waals surface area (Å²) >= 11 is 0. The van der Waals surface area contributed by atoms with Crippen LogP contribution in [0.2, 0.25) is 0 Å². The van der Waals surface area contributed by atoms with Crippen LogP contribution in [0.1, 0.15) is 27.0 Å². The number of ketones is 1. The molecular formula is C24H26N2O3. The summed E-state index contributed by atoms with van der Waals surface area (Å²) in [7, 11) is 2.11. The summed E-state index contributed by atoms with van der Waals surface area (Å²) in [5, 5.41) is 10.6. The monoisotopic (exact) mass is 390 g/mol. The van der Waals surface area contributed by atoms with Crippen molar-refractivity contribution in [1.29, 1.82) is 0 Å². The minimum atomic E-state index is -0.130. The minimum Gasteiger partial charge on any atom is -0.507 e. The van der Waals surface area contributed by atoms with E-state index in [1.54, 1.807) is 12.1 Å². The van der Waals surface area contributed by atoms with Gasteiger partial charge in [-0.3, -0.25) is 9.69 Å². The molecule has 0 aliphatic carbocycles. The van der Waals surface area contributed by atoms with Crippen LogP contribution in [-0.4, -0.2) is 53.9 Å². The number of aromatic hydroxyl groups is 1. The summed E-state index contributed by atoms with van der Waals surface area (Å²) in [6, 6.07) is 11.6. The standard InChI is InChI=1S/C24H26N2O3/c1-17-15-20(27)19(16-26-13-11-25(2)12-14-26)24-22(17)23(28)21(29-24)10-6-9-18-7-4-3-5-8-18/h3-10,15,27H,11-14,16H2,1-2H3/b9-6+,21-10-. The third kappa shape index (κ3) is 4.11. The molecule has 5 heteroatoms. The predicted molar refractivity (Wildman–Crippen MR) is 114 cm³/mol. The smallest absolute Gasteiger partial charge is 0.232 e. The first-order chi connectivity index (χ1) is 14.0. The molecule has 0 spiro atoms. The van der Waals surface area contributed by atoms with E-state index in [9.17, 15) is 9.90 Å². The quantitative estimate of drug-likeness (QED) is 0.808. The summed E-state index contributed by atoms with van der Waals surface area (Å²) in [6.45, 7) is 6.24. The average Bonchev–Trinajstić information content (AvgIpc) is 3.04. The number of fused-ring (bicyclic) bond motifs is 1. The van der Waals surface area contributed by atoms with Gasteiger partial charge in [0.2, 0.25) is 5.78 Å². The highest BCUT2D eigenvalue weighted by atomic mass is 16.5. The minimum absolute atomic E-state index is 0.130. The van der Waals surface area contributed by atoms with Gasteiger partial charge in [-0.15, -0.1) is 0 Å². The molecular weight excluding hydrogens is 364 g/mol. The van der Waals surface area contributed by atoms with Gasteiger partial charge in [0, 0.05) is 32.7 Å². The van der Waals surface area contributed by atoms with Gasteiger partial charge in [0.25, 0.3) is 0 Å². The van der Waals surface area contributed by atoms with Crippen molar-refractivity contribution in [2.24, 2.45) is 0 Å². The number of carbonyl (C=O) groups excluding carboxylic acids is 1. The van der Waals surface area contributed by atoms with Gasteiger partial charge in [-0.1, -0.05) is 42.5 Å². The van der Waals surface area contributed by atoms with Crippen LogP contribution in [0.4, 0.5) is 0 Å². The number of aryl methyl sites for hydroxylation is 1. The summed E-state index contributed by atoms with van der Waals surface area (Å²) in [5.41, 5.74) is 3.04. The van der Waals surface area contributed by atoms with E-state index in [1.807, 2.05) is 49.4 Å². The average molecular weight is 390 g/mol.